The van der Waals surface area contributed by atoms with Crippen LogP contribution in [0.2, 0.25) is 0 Å². The highest BCUT2D eigenvalue weighted by Crippen LogP contribution is 2.33. The third-order valence-electron chi connectivity index (χ3n) is 5.40. The maximum atomic E-state index is 13.5. The van der Waals surface area contributed by atoms with E-state index in [1.165, 1.54) is 4.68 Å². The van der Waals surface area contributed by atoms with E-state index in [0.717, 1.165) is 9.86 Å². The van der Waals surface area contributed by atoms with Crippen LogP contribution < -0.4 is 15.0 Å². The van der Waals surface area contributed by atoms with Gasteiger partial charge in [0.1, 0.15) is 12.2 Å². The summed E-state index contributed by atoms with van der Waals surface area (Å²) in [6, 6.07) is 18.2. The highest BCUT2D eigenvalue weighted by atomic mass is 79.9. The van der Waals surface area contributed by atoms with Crippen LogP contribution in [0.3, 0.4) is 0 Å². The number of hydrogen-bond acceptors (Lipinski definition) is 6. The Balaban J connectivity index is 1.66. The first-order chi connectivity index (χ1) is 17.5. The summed E-state index contributed by atoms with van der Waals surface area (Å²) in [4.78, 5) is 18.2. The molecule has 2 heterocycles. The summed E-state index contributed by atoms with van der Waals surface area (Å²) >= 11 is 7.03. The standard InChI is InChI=1S/C27H19Br2N3O4/c1-3-10-35-24-14-20(29)17(13-23(24)34-2)15-30-32-26(31-21-7-5-4-6-19(21)27(32)33)25-12-16-11-18(28)8-9-22(16)36-25/h3-9,11-15H,1,10H2,2H3. The monoisotopic (exact) mass is 607 g/mol. The summed E-state index contributed by atoms with van der Waals surface area (Å²) in [5.74, 6) is 1.79. The molecule has 0 unspecified atom stereocenters. The van der Waals surface area contributed by atoms with Crippen LogP contribution in [0, 0.1) is 0 Å². The first-order valence-corrected chi connectivity index (χ1v) is 12.4. The number of methoxy groups -OCH3 is 1. The van der Waals surface area contributed by atoms with Gasteiger partial charge in [-0.25, -0.2) is 4.98 Å². The lowest BCUT2D eigenvalue weighted by atomic mass is 10.2. The predicted molar refractivity (Wildman–Crippen MR) is 148 cm³/mol. The van der Waals surface area contributed by atoms with Gasteiger partial charge in [-0.05, 0) is 64.5 Å². The molecule has 0 saturated carbocycles. The molecule has 3 aromatic carbocycles. The zero-order valence-corrected chi connectivity index (χ0v) is 22.2. The molecule has 0 bridgehead atoms. The van der Waals surface area contributed by atoms with Gasteiger partial charge in [0.2, 0.25) is 5.82 Å². The summed E-state index contributed by atoms with van der Waals surface area (Å²) in [6.07, 6.45) is 3.21. The molecule has 0 spiro atoms. The average Bonchev–Trinajstić information content (AvgIpc) is 3.30. The topological polar surface area (TPSA) is 78.9 Å². The van der Waals surface area contributed by atoms with Crippen LogP contribution in [0.15, 0.2) is 96.6 Å². The van der Waals surface area contributed by atoms with Crippen LogP contribution in [-0.4, -0.2) is 29.6 Å². The van der Waals surface area contributed by atoms with E-state index in [0.29, 0.717) is 50.4 Å². The second kappa shape index (κ2) is 10.1. The van der Waals surface area contributed by atoms with Gasteiger partial charge in [-0.3, -0.25) is 4.79 Å². The minimum absolute atomic E-state index is 0.288. The van der Waals surface area contributed by atoms with Crippen molar-refractivity contribution < 1.29 is 13.9 Å². The second-order valence-electron chi connectivity index (χ2n) is 7.73. The normalized spacial score (nSPS) is 11.4. The molecule has 0 saturated heterocycles. The molecule has 0 amide bonds. The quantitative estimate of drug-likeness (QED) is 0.150. The fourth-order valence-electron chi connectivity index (χ4n) is 3.71. The number of rotatable bonds is 7. The van der Waals surface area contributed by atoms with Crippen LogP contribution >= 0.6 is 31.9 Å². The minimum Gasteiger partial charge on any atom is -0.493 e. The number of benzene rings is 3. The van der Waals surface area contributed by atoms with Crippen molar-refractivity contribution in [1.82, 2.24) is 9.66 Å². The molecule has 9 heteroatoms. The highest BCUT2D eigenvalue weighted by Gasteiger charge is 2.17. The van der Waals surface area contributed by atoms with Gasteiger partial charge in [0.25, 0.3) is 5.56 Å². The molecule has 36 heavy (non-hydrogen) atoms. The maximum absolute atomic E-state index is 13.5. The number of para-hydroxylation sites is 1. The van der Waals surface area contributed by atoms with E-state index in [4.69, 9.17) is 18.9 Å². The van der Waals surface area contributed by atoms with Crippen LogP contribution in [-0.2, 0) is 0 Å². The molecule has 0 N–H and O–H groups in total. The number of aromatic nitrogens is 2. The fraction of sp³-hybridized carbons (Fsp3) is 0.0741. The van der Waals surface area contributed by atoms with E-state index in [-0.39, 0.29) is 11.4 Å². The highest BCUT2D eigenvalue weighted by molar-refractivity contribution is 9.10. The van der Waals surface area contributed by atoms with E-state index < -0.39 is 0 Å². The Kier molecular flexibility index (Phi) is 6.75. The van der Waals surface area contributed by atoms with Crippen molar-refractivity contribution in [3.05, 3.63) is 98.2 Å². The molecule has 0 atom stereocenters. The number of furan rings is 1. The van der Waals surface area contributed by atoms with E-state index in [2.05, 4.69) is 43.5 Å². The zero-order chi connectivity index (χ0) is 25.2. The molecular formula is C27H19Br2N3O4. The zero-order valence-electron chi connectivity index (χ0n) is 19.1. The van der Waals surface area contributed by atoms with Crippen LogP contribution in [0.25, 0.3) is 33.5 Å². The van der Waals surface area contributed by atoms with Crippen LogP contribution in [0.4, 0.5) is 0 Å². The molecule has 0 aliphatic carbocycles. The predicted octanol–water partition coefficient (Wildman–Crippen LogP) is 6.79. The van der Waals surface area contributed by atoms with Crippen LogP contribution in [0.1, 0.15) is 5.56 Å². The Hall–Kier alpha value is -3.69. The van der Waals surface area contributed by atoms with Gasteiger partial charge in [0, 0.05) is 19.9 Å². The van der Waals surface area contributed by atoms with Crippen molar-refractivity contribution >= 4 is 59.9 Å². The lowest BCUT2D eigenvalue weighted by Gasteiger charge is -2.11. The molecule has 5 rings (SSSR count). The van der Waals surface area contributed by atoms with Gasteiger partial charge in [0.05, 0.1) is 24.2 Å². The summed E-state index contributed by atoms with van der Waals surface area (Å²) in [5, 5.41) is 5.84. The van der Waals surface area contributed by atoms with E-state index in [1.807, 2.05) is 30.3 Å². The van der Waals surface area contributed by atoms with Crippen LogP contribution in [0.5, 0.6) is 11.5 Å². The Labute approximate surface area is 222 Å². The lowest BCUT2D eigenvalue weighted by Crippen LogP contribution is -2.20. The molecule has 180 valence electrons. The lowest BCUT2D eigenvalue weighted by molar-refractivity contribution is 0.326. The Morgan fingerprint density at radius 1 is 1.11 bits per heavy atom. The molecule has 5 aromatic rings. The second-order valence-corrected chi connectivity index (χ2v) is 9.50. The molecule has 0 radical (unpaired) electrons. The average molecular weight is 609 g/mol. The smallest absolute Gasteiger partial charge is 0.282 e. The summed E-state index contributed by atoms with van der Waals surface area (Å²) in [6.45, 7) is 4.01. The van der Waals surface area contributed by atoms with E-state index >= 15 is 0 Å². The molecule has 7 nitrogen and oxygen atoms in total. The first kappa shape index (κ1) is 24.0. The van der Waals surface area contributed by atoms with Gasteiger partial charge < -0.3 is 13.9 Å². The maximum Gasteiger partial charge on any atom is 0.282 e. The third-order valence-corrected chi connectivity index (χ3v) is 6.58. The first-order valence-electron chi connectivity index (χ1n) is 10.9. The van der Waals surface area contributed by atoms with Gasteiger partial charge in [-0.15, -0.1) is 0 Å². The Morgan fingerprint density at radius 2 is 1.94 bits per heavy atom. The molecule has 0 aliphatic rings. The molecule has 0 aliphatic heterocycles. The number of hydrogen-bond donors (Lipinski definition) is 0. The molecule has 0 fully saturated rings. The van der Waals surface area contributed by atoms with Crippen molar-refractivity contribution in [2.45, 2.75) is 0 Å². The largest absolute Gasteiger partial charge is 0.493 e. The number of fused-ring (bicyclic) bond motifs is 2. The number of nitrogens with zero attached hydrogens (tertiary/aromatic N) is 3. The van der Waals surface area contributed by atoms with Crippen molar-refractivity contribution in [2.24, 2.45) is 5.10 Å². The van der Waals surface area contributed by atoms with Crippen molar-refractivity contribution in [2.75, 3.05) is 13.7 Å². The molecule has 2 aromatic heterocycles. The van der Waals surface area contributed by atoms with Gasteiger partial charge in [0.15, 0.2) is 17.3 Å². The van der Waals surface area contributed by atoms with E-state index in [9.17, 15) is 4.79 Å². The number of halogens is 2. The van der Waals surface area contributed by atoms with E-state index in [1.54, 1.807) is 49.7 Å². The Bertz CT molecular complexity index is 1710. The number of ether oxygens (including phenoxy) is 2. The minimum atomic E-state index is -0.317. The van der Waals surface area contributed by atoms with Gasteiger partial charge in [-0.1, -0.05) is 40.7 Å². The van der Waals surface area contributed by atoms with Gasteiger partial charge >= 0.3 is 0 Å². The summed E-state index contributed by atoms with van der Waals surface area (Å²) < 4.78 is 20.1. The van der Waals surface area contributed by atoms with Crippen molar-refractivity contribution in [1.29, 1.82) is 0 Å². The fourth-order valence-corrected chi connectivity index (χ4v) is 4.51. The summed E-state index contributed by atoms with van der Waals surface area (Å²) in [5.41, 5.74) is 1.59. The van der Waals surface area contributed by atoms with Crippen molar-refractivity contribution in [3.8, 4) is 23.1 Å². The summed E-state index contributed by atoms with van der Waals surface area (Å²) in [7, 11) is 1.56. The Morgan fingerprint density at radius 3 is 2.75 bits per heavy atom. The van der Waals surface area contributed by atoms with Gasteiger partial charge in [-0.2, -0.15) is 9.78 Å². The van der Waals surface area contributed by atoms with Crippen molar-refractivity contribution in [3.63, 3.8) is 0 Å². The third kappa shape index (κ3) is 4.59. The SMILES string of the molecule is C=CCOc1cc(Br)c(C=Nn2c(-c3cc4cc(Br)ccc4o3)nc3ccccc3c2=O)cc1OC. The molecular weight excluding hydrogens is 590 g/mol.